The summed E-state index contributed by atoms with van der Waals surface area (Å²) in [6.45, 7) is 2.81. The third kappa shape index (κ3) is 2.41. The van der Waals surface area contributed by atoms with Crippen molar-refractivity contribution in [3.63, 3.8) is 0 Å². The zero-order valence-corrected chi connectivity index (χ0v) is 10.8. The van der Waals surface area contributed by atoms with Crippen LogP contribution >= 0.6 is 0 Å². The fourth-order valence-corrected chi connectivity index (χ4v) is 2.39. The maximum Gasteiger partial charge on any atom is 0.126 e. The van der Waals surface area contributed by atoms with Gasteiger partial charge in [-0.25, -0.2) is 4.39 Å². The number of rotatable bonds is 3. The van der Waals surface area contributed by atoms with Gasteiger partial charge in [-0.05, 0) is 24.1 Å². The van der Waals surface area contributed by atoms with Crippen molar-refractivity contribution in [3.8, 4) is 0 Å². The first-order chi connectivity index (χ1) is 8.59. The van der Waals surface area contributed by atoms with Gasteiger partial charge >= 0.3 is 0 Å². The molecule has 0 saturated carbocycles. The van der Waals surface area contributed by atoms with E-state index in [9.17, 15) is 9.50 Å². The largest absolute Gasteiger partial charge is 0.385 e. The molecule has 1 aromatic rings. The Kier molecular flexibility index (Phi) is 4.00. The second-order valence-corrected chi connectivity index (χ2v) is 4.79. The van der Waals surface area contributed by atoms with Crippen molar-refractivity contribution >= 4 is 0 Å². The quantitative estimate of drug-likeness (QED) is 0.900. The Hall–Kier alpha value is -0.970. The first-order valence-corrected chi connectivity index (χ1v) is 6.16. The van der Waals surface area contributed by atoms with Crippen LogP contribution in [-0.2, 0) is 9.47 Å². The van der Waals surface area contributed by atoms with Crippen LogP contribution in [0.2, 0.25) is 0 Å². The molecule has 1 heterocycles. The lowest BCUT2D eigenvalue weighted by Gasteiger charge is -2.39. The number of hydrogen-bond acceptors (Lipinski definition) is 3. The Morgan fingerprint density at radius 1 is 1.39 bits per heavy atom. The molecule has 1 fully saturated rings. The van der Waals surface area contributed by atoms with Gasteiger partial charge in [-0.2, -0.15) is 0 Å². The lowest BCUT2D eigenvalue weighted by molar-refractivity contribution is -0.154. The minimum absolute atomic E-state index is 0.301. The van der Waals surface area contributed by atoms with E-state index in [1.165, 1.54) is 6.07 Å². The molecule has 1 aliphatic heterocycles. The predicted octanol–water partition coefficient (Wildman–Crippen LogP) is 2.36. The standard InChI is InChI=1S/C14H19FO3/c1-10-3-4-11(9-12(10)15)13(16)14(17-2)5-7-18-8-6-14/h3-4,9,13,16H,5-8H2,1-2H3. The van der Waals surface area contributed by atoms with E-state index >= 15 is 0 Å². The molecule has 0 aromatic heterocycles. The first kappa shape index (κ1) is 13.5. The van der Waals surface area contributed by atoms with Gasteiger partial charge in [-0.3, -0.25) is 0 Å². The second-order valence-electron chi connectivity index (χ2n) is 4.79. The molecule has 0 amide bonds. The number of ether oxygens (including phenoxy) is 2. The summed E-state index contributed by atoms with van der Waals surface area (Å²) in [5.41, 5.74) is 0.464. The van der Waals surface area contributed by atoms with Crippen molar-refractivity contribution in [1.29, 1.82) is 0 Å². The number of benzene rings is 1. The maximum absolute atomic E-state index is 13.6. The summed E-state index contributed by atoms with van der Waals surface area (Å²) in [6, 6.07) is 4.81. The summed E-state index contributed by atoms with van der Waals surface area (Å²) >= 11 is 0. The van der Waals surface area contributed by atoms with E-state index in [1.54, 1.807) is 26.2 Å². The normalized spacial score (nSPS) is 20.7. The molecule has 1 atom stereocenters. The van der Waals surface area contributed by atoms with E-state index in [4.69, 9.17) is 9.47 Å². The molecule has 4 heteroatoms. The van der Waals surface area contributed by atoms with Crippen LogP contribution in [0.5, 0.6) is 0 Å². The molecule has 1 aromatic carbocycles. The highest BCUT2D eigenvalue weighted by molar-refractivity contribution is 5.27. The van der Waals surface area contributed by atoms with E-state index in [2.05, 4.69) is 0 Å². The average molecular weight is 254 g/mol. The van der Waals surface area contributed by atoms with E-state index < -0.39 is 11.7 Å². The van der Waals surface area contributed by atoms with Crippen LogP contribution in [0.3, 0.4) is 0 Å². The zero-order chi connectivity index (χ0) is 13.2. The number of aliphatic hydroxyl groups excluding tert-OH is 1. The highest BCUT2D eigenvalue weighted by Crippen LogP contribution is 2.37. The predicted molar refractivity (Wildman–Crippen MR) is 65.9 cm³/mol. The third-order valence-corrected chi connectivity index (χ3v) is 3.76. The van der Waals surface area contributed by atoms with Gasteiger partial charge in [0.05, 0.1) is 0 Å². The van der Waals surface area contributed by atoms with E-state index in [1.807, 2.05) is 0 Å². The fourth-order valence-electron chi connectivity index (χ4n) is 2.39. The zero-order valence-electron chi connectivity index (χ0n) is 10.8. The van der Waals surface area contributed by atoms with Crippen molar-refractivity contribution in [3.05, 3.63) is 35.1 Å². The summed E-state index contributed by atoms with van der Waals surface area (Å²) in [7, 11) is 1.58. The molecular formula is C14H19FO3. The number of methoxy groups -OCH3 is 1. The molecule has 18 heavy (non-hydrogen) atoms. The van der Waals surface area contributed by atoms with Gasteiger partial charge in [0.2, 0.25) is 0 Å². The molecule has 0 bridgehead atoms. The summed E-state index contributed by atoms with van der Waals surface area (Å²) in [6.07, 6.45) is 0.391. The maximum atomic E-state index is 13.6. The van der Waals surface area contributed by atoms with Crippen molar-refractivity contribution in [2.45, 2.75) is 31.5 Å². The summed E-state index contributed by atoms with van der Waals surface area (Å²) in [5.74, 6) is -0.301. The number of aryl methyl sites for hydroxylation is 1. The van der Waals surface area contributed by atoms with Crippen molar-refractivity contribution in [1.82, 2.24) is 0 Å². The van der Waals surface area contributed by atoms with Gasteiger partial charge in [0.15, 0.2) is 0 Å². The summed E-state index contributed by atoms with van der Waals surface area (Å²) in [5, 5.41) is 10.5. The third-order valence-electron chi connectivity index (χ3n) is 3.76. The van der Waals surface area contributed by atoms with Gasteiger partial charge < -0.3 is 14.6 Å². The molecule has 0 spiro atoms. The molecular weight excluding hydrogens is 235 g/mol. The minimum Gasteiger partial charge on any atom is -0.385 e. The Labute approximate surface area is 107 Å². The van der Waals surface area contributed by atoms with Crippen LogP contribution in [0.15, 0.2) is 18.2 Å². The Morgan fingerprint density at radius 3 is 2.61 bits per heavy atom. The Bertz CT molecular complexity index is 414. The van der Waals surface area contributed by atoms with Gasteiger partial charge in [0.1, 0.15) is 17.5 Å². The first-order valence-electron chi connectivity index (χ1n) is 6.16. The van der Waals surface area contributed by atoms with Crippen LogP contribution in [0.1, 0.15) is 30.1 Å². The van der Waals surface area contributed by atoms with Crippen molar-refractivity contribution in [2.24, 2.45) is 0 Å². The lowest BCUT2D eigenvalue weighted by Crippen LogP contribution is -2.43. The lowest BCUT2D eigenvalue weighted by atomic mass is 9.84. The van der Waals surface area contributed by atoms with Gasteiger partial charge in [0, 0.05) is 33.2 Å². The summed E-state index contributed by atoms with van der Waals surface area (Å²) < 4.78 is 24.4. The van der Waals surface area contributed by atoms with Crippen LogP contribution < -0.4 is 0 Å². The molecule has 3 nitrogen and oxygen atoms in total. The number of aliphatic hydroxyl groups is 1. The van der Waals surface area contributed by atoms with Gasteiger partial charge in [-0.15, -0.1) is 0 Å². The molecule has 1 unspecified atom stereocenters. The smallest absolute Gasteiger partial charge is 0.126 e. The molecule has 0 radical (unpaired) electrons. The monoisotopic (exact) mass is 254 g/mol. The Balaban J connectivity index is 2.27. The van der Waals surface area contributed by atoms with Crippen LogP contribution in [0, 0.1) is 12.7 Å². The SMILES string of the molecule is COC1(C(O)c2ccc(C)c(F)c2)CCOCC1. The average Bonchev–Trinajstić information content (AvgIpc) is 2.42. The molecule has 1 aliphatic rings. The highest BCUT2D eigenvalue weighted by atomic mass is 19.1. The van der Waals surface area contributed by atoms with Gasteiger partial charge in [-0.1, -0.05) is 12.1 Å². The van der Waals surface area contributed by atoms with Crippen LogP contribution in [0.4, 0.5) is 4.39 Å². The minimum atomic E-state index is -0.832. The van der Waals surface area contributed by atoms with Crippen LogP contribution in [0.25, 0.3) is 0 Å². The molecule has 2 rings (SSSR count). The number of halogens is 1. The van der Waals surface area contributed by atoms with Crippen molar-refractivity contribution in [2.75, 3.05) is 20.3 Å². The van der Waals surface area contributed by atoms with E-state index in [0.717, 1.165) is 0 Å². The fraction of sp³-hybridized carbons (Fsp3) is 0.571. The van der Waals surface area contributed by atoms with Gasteiger partial charge in [0.25, 0.3) is 0 Å². The molecule has 0 aliphatic carbocycles. The van der Waals surface area contributed by atoms with Crippen molar-refractivity contribution < 1.29 is 19.0 Å². The Morgan fingerprint density at radius 2 is 2.06 bits per heavy atom. The highest BCUT2D eigenvalue weighted by Gasteiger charge is 2.40. The van der Waals surface area contributed by atoms with Crippen LogP contribution in [-0.4, -0.2) is 31.0 Å². The summed E-state index contributed by atoms with van der Waals surface area (Å²) in [4.78, 5) is 0. The van der Waals surface area contributed by atoms with E-state index in [0.29, 0.717) is 37.2 Å². The molecule has 100 valence electrons. The number of hydrogen-bond donors (Lipinski definition) is 1. The topological polar surface area (TPSA) is 38.7 Å². The molecule has 1 N–H and O–H groups in total. The van der Waals surface area contributed by atoms with E-state index in [-0.39, 0.29) is 5.82 Å². The second kappa shape index (κ2) is 5.34. The molecule has 1 saturated heterocycles.